The third kappa shape index (κ3) is 6.91. The van der Waals surface area contributed by atoms with Gasteiger partial charge in [-0.15, -0.1) is 0 Å². The molecule has 0 spiro atoms. The molecule has 4 nitrogen and oxygen atoms in total. The van der Waals surface area contributed by atoms with Gasteiger partial charge in [0.2, 0.25) is 0 Å². The van der Waals surface area contributed by atoms with Gasteiger partial charge in [0, 0.05) is 18.4 Å². The van der Waals surface area contributed by atoms with Crippen LogP contribution in [0.25, 0.3) is 0 Å². The van der Waals surface area contributed by atoms with Crippen LogP contribution in [0.5, 0.6) is 5.75 Å². The van der Waals surface area contributed by atoms with Crippen LogP contribution in [0.4, 0.5) is 22.0 Å². The molecule has 1 aliphatic rings. The molecule has 1 aromatic rings. The minimum Gasteiger partial charge on any atom is -0.493 e. The second-order valence-electron chi connectivity index (χ2n) is 6.81. The lowest BCUT2D eigenvalue weighted by atomic mass is 9.92. The lowest BCUT2D eigenvalue weighted by Crippen LogP contribution is -2.40. The molecule has 0 radical (unpaired) electrons. The summed E-state index contributed by atoms with van der Waals surface area (Å²) < 4.78 is 92.5. The summed E-state index contributed by atoms with van der Waals surface area (Å²) in [4.78, 5) is 0.405. The van der Waals surface area contributed by atoms with Crippen molar-refractivity contribution in [2.24, 2.45) is 5.92 Å². The summed E-state index contributed by atoms with van der Waals surface area (Å²) in [5.74, 6) is -2.22. The number of alkyl halides is 3. The van der Waals surface area contributed by atoms with E-state index in [1.807, 2.05) is 0 Å². The molecule has 0 aliphatic carbocycles. The maximum Gasteiger partial charge on any atom is 0.401 e. The number of likely N-dealkylation sites (tertiary alicyclic amines) is 1. The highest BCUT2D eigenvalue weighted by Gasteiger charge is 2.32. The molecule has 2 rings (SSSR count). The lowest BCUT2D eigenvalue weighted by molar-refractivity contribution is -0.148. The fourth-order valence-electron chi connectivity index (χ4n) is 3.22. The highest BCUT2D eigenvalue weighted by Crippen LogP contribution is 2.27. The second-order valence-corrected chi connectivity index (χ2v) is 8.77. The Bertz CT molecular complexity index is 720. The van der Waals surface area contributed by atoms with Crippen molar-refractivity contribution >= 4 is 9.84 Å². The van der Waals surface area contributed by atoms with E-state index < -0.39 is 39.1 Å². The summed E-state index contributed by atoms with van der Waals surface area (Å²) in [6.07, 6.45) is -0.801. The zero-order valence-corrected chi connectivity index (χ0v) is 15.7. The molecule has 0 saturated carbocycles. The van der Waals surface area contributed by atoms with Gasteiger partial charge in [-0.3, -0.25) is 4.90 Å². The maximum absolute atomic E-state index is 13.8. The number of hydrogen-bond acceptors (Lipinski definition) is 4. The molecule has 27 heavy (non-hydrogen) atoms. The summed E-state index contributed by atoms with van der Waals surface area (Å²) in [7, 11) is -4.02. The fourth-order valence-corrected chi connectivity index (χ4v) is 4.05. The fraction of sp³-hybridized carbons (Fsp3) is 0.647. The third-order valence-corrected chi connectivity index (χ3v) is 5.61. The first-order valence-corrected chi connectivity index (χ1v) is 10.5. The van der Waals surface area contributed by atoms with Crippen molar-refractivity contribution in [2.75, 3.05) is 32.5 Å². The third-order valence-electron chi connectivity index (χ3n) is 4.48. The zero-order chi connectivity index (χ0) is 20.2. The molecule has 1 saturated heterocycles. The predicted octanol–water partition coefficient (Wildman–Crippen LogP) is 3.80. The monoisotopic (exact) mass is 415 g/mol. The Labute approximate surface area is 155 Å². The predicted molar refractivity (Wildman–Crippen MR) is 89.4 cm³/mol. The van der Waals surface area contributed by atoms with E-state index in [1.165, 1.54) is 4.90 Å². The van der Waals surface area contributed by atoms with E-state index in [-0.39, 0.29) is 12.4 Å². The lowest BCUT2D eigenvalue weighted by Gasteiger charge is -2.32. The second kappa shape index (κ2) is 8.72. The SMILES string of the molecule is CS(=O)(=O)c1c(F)cc(OCCCC2CCN(CC(F)(F)F)CC2)cc1F. The summed E-state index contributed by atoms with van der Waals surface area (Å²) in [5, 5.41) is 0. The molecule has 0 amide bonds. The molecular formula is C17H22F5NO3S. The molecule has 154 valence electrons. The van der Waals surface area contributed by atoms with E-state index in [9.17, 15) is 30.4 Å². The van der Waals surface area contributed by atoms with Crippen molar-refractivity contribution in [2.45, 2.75) is 36.8 Å². The molecule has 10 heteroatoms. The molecule has 0 unspecified atom stereocenters. The van der Waals surface area contributed by atoms with Gasteiger partial charge in [-0.05, 0) is 44.7 Å². The number of ether oxygens (including phenoxy) is 1. The van der Waals surface area contributed by atoms with Gasteiger partial charge in [-0.2, -0.15) is 13.2 Å². The average molecular weight is 415 g/mol. The number of benzene rings is 1. The van der Waals surface area contributed by atoms with Crippen LogP contribution in [0.3, 0.4) is 0 Å². The molecule has 1 aliphatic heterocycles. The van der Waals surface area contributed by atoms with E-state index in [1.54, 1.807) is 0 Å². The molecule has 0 aromatic heterocycles. The van der Waals surface area contributed by atoms with Crippen LogP contribution >= 0.6 is 0 Å². The van der Waals surface area contributed by atoms with Crippen molar-refractivity contribution in [3.63, 3.8) is 0 Å². The zero-order valence-electron chi connectivity index (χ0n) is 14.9. The van der Waals surface area contributed by atoms with Crippen LogP contribution in [0.2, 0.25) is 0 Å². The number of hydrogen-bond donors (Lipinski definition) is 0. The van der Waals surface area contributed by atoms with Gasteiger partial charge in [0.25, 0.3) is 0 Å². The molecule has 1 aromatic carbocycles. The van der Waals surface area contributed by atoms with Gasteiger partial charge >= 0.3 is 6.18 Å². The number of piperidine rings is 1. The van der Waals surface area contributed by atoms with Gasteiger partial charge < -0.3 is 4.74 Å². The van der Waals surface area contributed by atoms with E-state index in [0.29, 0.717) is 38.3 Å². The summed E-state index contributed by atoms with van der Waals surface area (Å²) in [6.45, 7) is 0.0894. The van der Waals surface area contributed by atoms with Crippen LogP contribution in [-0.4, -0.2) is 52.0 Å². The van der Waals surface area contributed by atoms with Gasteiger partial charge in [0.1, 0.15) is 22.3 Å². The minimum atomic E-state index is -4.18. The van der Waals surface area contributed by atoms with Crippen LogP contribution in [0.1, 0.15) is 25.7 Å². The molecule has 0 N–H and O–H groups in total. The van der Waals surface area contributed by atoms with Gasteiger partial charge in [0.05, 0.1) is 13.2 Å². The summed E-state index contributed by atoms with van der Waals surface area (Å²) in [5.41, 5.74) is 0. The van der Waals surface area contributed by atoms with E-state index in [0.717, 1.165) is 24.8 Å². The molecule has 1 heterocycles. The van der Waals surface area contributed by atoms with Gasteiger partial charge in [0.15, 0.2) is 9.84 Å². The Morgan fingerprint density at radius 3 is 2.19 bits per heavy atom. The van der Waals surface area contributed by atoms with Crippen molar-refractivity contribution in [3.8, 4) is 5.75 Å². The highest BCUT2D eigenvalue weighted by molar-refractivity contribution is 7.90. The number of sulfone groups is 1. The number of halogens is 5. The van der Waals surface area contributed by atoms with Crippen molar-refractivity contribution in [3.05, 3.63) is 23.8 Å². The van der Waals surface area contributed by atoms with Crippen molar-refractivity contribution in [1.82, 2.24) is 4.90 Å². The van der Waals surface area contributed by atoms with E-state index in [4.69, 9.17) is 4.74 Å². The van der Waals surface area contributed by atoms with Crippen LogP contribution in [-0.2, 0) is 9.84 Å². The van der Waals surface area contributed by atoms with Crippen LogP contribution < -0.4 is 4.74 Å². The number of rotatable bonds is 7. The Hall–Kier alpha value is -1.42. The van der Waals surface area contributed by atoms with Gasteiger partial charge in [-0.25, -0.2) is 17.2 Å². The van der Waals surface area contributed by atoms with Gasteiger partial charge in [-0.1, -0.05) is 0 Å². The van der Waals surface area contributed by atoms with Crippen molar-refractivity contribution < 1.29 is 35.1 Å². The normalized spacial score (nSPS) is 17.3. The van der Waals surface area contributed by atoms with E-state index in [2.05, 4.69) is 0 Å². The molecule has 1 fully saturated rings. The largest absolute Gasteiger partial charge is 0.493 e. The minimum absolute atomic E-state index is 0.0996. The topological polar surface area (TPSA) is 46.6 Å². The first-order chi connectivity index (χ1) is 12.5. The molecular weight excluding hydrogens is 393 g/mol. The maximum atomic E-state index is 13.8. The Morgan fingerprint density at radius 1 is 1.15 bits per heavy atom. The van der Waals surface area contributed by atoms with E-state index >= 15 is 0 Å². The first-order valence-electron chi connectivity index (χ1n) is 8.57. The Balaban J connectivity index is 1.75. The van der Waals surface area contributed by atoms with Crippen molar-refractivity contribution in [1.29, 1.82) is 0 Å². The standard InChI is InChI=1S/C17H22F5NO3S/c1-27(24,25)16-14(18)9-13(10-15(16)19)26-8-2-3-12-4-6-23(7-5-12)11-17(20,21)22/h9-10,12H,2-8,11H2,1H3. The summed E-state index contributed by atoms with van der Waals surface area (Å²) in [6, 6.07) is 1.66. The Kier molecular flexibility index (Phi) is 7.07. The highest BCUT2D eigenvalue weighted by atomic mass is 32.2. The molecule has 0 atom stereocenters. The van der Waals surface area contributed by atoms with Crippen LogP contribution in [0.15, 0.2) is 17.0 Å². The van der Waals surface area contributed by atoms with Crippen LogP contribution in [0, 0.1) is 17.6 Å². The average Bonchev–Trinajstić information content (AvgIpc) is 2.49. The molecule has 0 bridgehead atoms. The first kappa shape index (κ1) is 21.9. The Morgan fingerprint density at radius 2 is 1.70 bits per heavy atom. The quantitative estimate of drug-likeness (QED) is 0.502. The summed E-state index contributed by atoms with van der Waals surface area (Å²) >= 11 is 0. The number of nitrogens with zero attached hydrogens (tertiary/aromatic N) is 1. The smallest absolute Gasteiger partial charge is 0.401 e.